The summed E-state index contributed by atoms with van der Waals surface area (Å²) in [4.78, 5) is 25.1. The lowest BCUT2D eigenvalue weighted by Gasteiger charge is -2.40. The SMILES string of the molecule is CCCCCC/C=C/CC/C=C/CC/C=C/C(O)C(COC1OC(CO)C(O)C(O)C1O)NC(=O)CCCCCCCCCCCCCCCCCCCCCCCCCCCCCCCCCCCCCCCCCOC(=O)CCCCCCCCCCCCCC. The van der Waals surface area contributed by atoms with Crippen LogP contribution in [0.5, 0.6) is 0 Å². The summed E-state index contributed by atoms with van der Waals surface area (Å²) in [6.07, 6.45) is 83.4. The van der Waals surface area contributed by atoms with Gasteiger partial charge < -0.3 is 45.1 Å². The smallest absolute Gasteiger partial charge is 0.305 e. The molecule has 6 N–H and O–H groups in total. The molecule has 11 nitrogen and oxygen atoms in total. The van der Waals surface area contributed by atoms with E-state index in [1.54, 1.807) is 6.08 Å². The summed E-state index contributed by atoms with van der Waals surface area (Å²) in [7, 11) is 0. The zero-order chi connectivity index (χ0) is 67.2. The van der Waals surface area contributed by atoms with Gasteiger partial charge in [0, 0.05) is 12.8 Å². The minimum absolute atomic E-state index is 0.0195. The Labute approximate surface area is 574 Å². The Hall–Kier alpha value is -2.12. The molecule has 0 spiro atoms. The number of unbranched alkanes of at least 4 members (excludes halogenated alkanes) is 55. The predicted molar refractivity (Wildman–Crippen MR) is 394 cm³/mol. The molecule has 1 amide bonds. The summed E-state index contributed by atoms with van der Waals surface area (Å²) < 4.78 is 16.8. The molecule has 0 aliphatic carbocycles. The highest BCUT2D eigenvalue weighted by atomic mass is 16.7. The zero-order valence-corrected chi connectivity index (χ0v) is 61.2. The van der Waals surface area contributed by atoms with E-state index in [1.165, 1.54) is 321 Å². The minimum atomic E-state index is -1.58. The minimum Gasteiger partial charge on any atom is -0.466 e. The number of esters is 1. The van der Waals surface area contributed by atoms with Crippen molar-refractivity contribution in [3.63, 3.8) is 0 Å². The van der Waals surface area contributed by atoms with Crippen molar-refractivity contribution < 1.29 is 49.3 Å². The number of amides is 1. The Morgan fingerprint density at radius 3 is 1.06 bits per heavy atom. The molecule has 93 heavy (non-hydrogen) atoms. The highest BCUT2D eigenvalue weighted by molar-refractivity contribution is 5.76. The first-order valence-electron chi connectivity index (χ1n) is 40.8. The third-order valence-electron chi connectivity index (χ3n) is 19.5. The molecule has 1 fully saturated rings. The Balaban J connectivity index is 1.89. The molecular formula is C82H155NO10. The predicted octanol–water partition coefficient (Wildman–Crippen LogP) is 22.1. The Morgan fingerprint density at radius 2 is 0.699 bits per heavy atom. The van der Waals surface area contributed by atoms with Crippen LogP contribution in [0.1, 0.15) is 412 Å². The third kappa shape index (κ3) is 59.6. The van der Waals surface area contributed by atoms with E-state index in [-0.39, 0.29) is 18.5 Å². The maximum absolute atomic E-state index is 13.1. The standard InChI is InChI=1S/C82H155NO10/c1-3-5-7-9-11-13-15-17-45-48-52-56-60-64-68-75(85)74(73-92-82-81(90)80(89)79(88)76(72-84)93-82)83-77(86)69-65-61-57-53-49-46-43-41-39-37-35-33-31-29-27-25-23-21-19-18-20-22-24-26-28-30-32-34-36-38-40-42-44-47-51-55-59-63-67-71-91-78(87)70-66-62-58-54-50-16-14-12-10-8-6-4-2/h13,15,48,52,64,68,74-76,79-82,84-85,88-90H,3-12,14,16-47,49-51,53-63,65-67,69-73H2,1-2H3,(H,83,86)/b15-13+,52-48+,68-64+. The topological polar surface area (TPSA) is 175 Å². The van der Waals surface area contributed by atoms with Crippen LogP contribution in [0, 0.1) is 0 Å². The molecule has 1 rings (SSSR count). The van der Waals surface area contributed by atoms with E-state index in [2.05, 4.69) is 43.5 Å². The van der Waals surface area contributed by atoms with E-state index in [0.29, 0.717) is 19.4 Å². The van der Waals surface area contributed by atoms with Gasteiger partial charge in [-0.25, -0.2) is 0 Å². The second-order valence-electron chi connectivity index (χ2n) is 28.5. The lowest BCUT2D eigenvalue weighted by molar-refractivity contribution is -0.302. The van der Waals surface area contributed by atoms with Gasteiger partial charge in [0.1, 0.15) is 24.4 Å². The maximum atomic E-state index is 13.1. The Bertz CT molecular complexity index is 1640. The summed E-state index contributed by atoms with van der Waals surface area (Å²) in [6.45, 7) is 4.36. The quantitative estimate of drug-likeness (QED) is 0.0195. The molecule has 7 unspecified atom stereocenters. The molecule has 0 aromatic heterocycles. The third-order valence-corrected chi connectivity index (χ3v) is 19.5. The molecule has 1 aliphatic heterocycles. The number of rotatable bonds is 73. The molecular weight excluding hydrogens is 1160 g/mol. The van der Waals surface area contributed by atoms with E-state index >= 15 is 0 Å². The average Bonchev–Trinajstić information content (AvgIpc) is 0.900. The van der Waals surface area contributed by atoms with Gasteiger partial charge >= 0.3 is 5.97 Å². The largest absolute Gasteiger partial charge is 0.466 e. The van der Waals surface area contributed by atoms with Crippen molar-refractivity contribution in [3.05, 3.63) is 36.5 Å². The second-order valence-corrected chi connectivity index (χ2v) is 28.5. The van der Waals surface area contributed by atoms with Crippen LogP contribution in [-0.4, -0.2) is 100 Å². The van der Waals surface area contributed by atoms with Crippen molar-refractivity contribution in [2.75, 3.05) is 19.8 Å². The van der Waals surface area contributed by atoms with Gasteiger partial charge in [-0.15, -0.1) is 0 Å². The first-order chi connectivity index (χ1) is 45.7. The van der Waals surface area contributed by atoms with Crippen molar-refractivity contribution in [3.8, 4) is 0 Å². The fourth-order valence-corrected chi connectivity index (χ4v) is 13.1. The number of hydrogen-bond acceptors (Lipinski definition) is 10. The highest BCUT2D eigenvalue weighted by Gasteiger charge is 2.44. The van der Waals surface area contributed by atoms with E-state index in [1.807, 2.05) is 6.08 Å². The van der Waals surface area contributed by atoms with Gasteiger partial charge in [0.05, 0.1) is 32.0 Å². The lowest BCUT2D eigenvalue weighted by Crippen LogP contribution is -2.60. The van der Waals surface area contributed by atoms with Crippen LogP contribution in [0.4, 0.5) is 0 Å². The molecule has 0 aromatic carbocycles. The zero-order valence-electron chi connectivity index (χ0n) is 61.2. The van der Waals surface area contributed by atoms with Gasteiger partial charge in [-0.3, -0.25) is 9.59 Å². The normalized spacial score (nSPS) is 17.6. The van der Waals surface area contributed by atoms with Gasteiger partial charge in [0.25, 0.3) is 0 Å². The van der Waals surface area contributed by atoms with Crippen molar-refractivity contribution in [2.45, 2.75) is 455 Å². The van der Waals surface area contributed by atoms with Gasteiger partial charge in [-0.05, 0) is 57.8 Å². The van der Waals surface area contributed by atoms with Crippen LogP contribution in [0.15, 0.2) is 36.5 Å². The van der Waals surface area contributed by atoms with E-state index in [0.717, 1.165) is 64.2 Å². The highest BCUT2D eigenvalue weighted by Crippen LogP contribution is 2.24. The fraction of sp³-hybridized carbons (Fsp3) is 0.902. The van der Waals surface area contributed by atoms with Crippen molar-refractivity contribution in [2.24, 2.45) is 0 Å². The van der Waals surface area contributed by atoms with Crippen molar-refractivity contribution in [1.29, 1.82) is 0 Å². The van der Waals surface area contributed by atoms with Crippen LogP contribution in [0.25, 0.3) is 0 Å². The molecule has 548 valence electrons. The van der Waals surface area contributed by atoms with E-state index in [4.69, 9.17) is 14.2 Å². The molecule has 0 aromatic rings. The number of carbonyl (C=O) groups is 2. The average molecular weight is 1320 g/mol. The van der Waals surface area contributed by atoms with Crippen LogP contribution in [0.2, 0.25) is 0 Å². The first-order valence-corrected chi connectivity index (χ1v) is 40.8. The number of carbonyl (C=O) groups excluding carboxylic acids is 2. The number of allylic oxidation sites excluding steroid dienone is 5. The Kier molecular flexibility index (Phi) is 68.0. The summed E-state index contributed by atoms with van der Waals surface area (Å²) >= 11 is 0. The van der Waals surface area contributed by atoms with E-state index < -0.39 is 49.5 Å². The fourth-order valence-electron chi connectivity index (χ4n) is 13.1. The number of aliphatic hydroxyl groups excluding tert-OH is 5. The molecule has 1 aliphatic rings. The van der Waals surface area contributed by atoms with Gasteiger partial charge in [0.2, 0.25) is 5.91 Å². The molecule has 0 radical (unpaired) electrons. The van der Waals surface area contributed by atoms with Gasteiger partial charge in [0.15, 0.2) is 6.29 Å². The summed E-state index contributed by atoms with van der Waals surface area (Å²) in [5.74, 6) is -0.169. The number of nitrogens with one attached hydrogen (secondary N) is 1. The molecule has 11 heteroatoms. The first kappa shape index (κ1) is 88.9. The van der Waals surface area contributed by atoms with Crippen LogP contribution < -0.4 is 5.32 Å². The maximum Gasteiger partial charge on any atom is 0.305 e. The lowest BCUT2D eigenvalue weighted by atomic mass is 9.99. The van der Waals surface area contributed by atoms with E-state index in [9.17, 15) is 35.1 Å². The summed E-state index contributed by atoms with van der Waals surface area (Å²) in [5.41, 5.74) is 0. The monoisotopic (exact) mass is 1310 g/mol. The number of hydrogen-bond donors (Lipinski definition) is 6. The van der Waals surface area contributed by atoms with Crippen LogP contribution in [0.3, 0.4) is 0 Å². The number of aliphatic hydroxyl groups is 5. The molecule has 1 saturated heterocycles. The second kappa shape index (κ2) is 71.2. The van der Waals surface area contributed by atoms with Crippen LogP contribution >= 0.6 is 0 Å². The molecule has 7 atom stereocenters. The molecule has 0 saturated carbocycles. The Morgan fingerprint density at radius 1 is 0.387 bits per heavy atom. The van der Waals surface area contributed by atoms with Crippen molar-refractivity contribution >= 4 is 11.9 Å². The molecule has 0 bridgehead atoms. The number of ether oxygens (including phenoxy) is 3. The molecule has 1 heterocycles. The van der Waals surface area contributed by atoms with Gasteiger partial charge in [-0.2, -0.15) is 0 Å². The summed E-state index contributed by atoms with van der Waals surface area (Å²) in [5, 5.41) is 54.6. The summed E-state index contributed by atoms with van der Waals surface area (Å²) in [6, 6.07) is -0.830. The van der Waals surface area contributed by atoms with Crippen molar-refractivity contribution in [1.82, 2.24) is 5.32 Å². The van der Waals surface area contributed by atoms with Gasteiger partial charge in [-0.1, -0.05) is 378 Å². The van der Waals surface area contributed by atoms with Crippen LogP contribution in [-0.2, 0) is 23.8 Å².